The number of carbonyl (C=O) groups is 2. The molecule has 1 amide bonds. The molecule has 0 saturated heterocycles. The summed E-state index contributed by atoms with van der Waals surface area (Å²) in [5, 5.41) is 2.82. The van der Waals surface area contributed by atoms with E-state index in [1.54, 1.807) is 0 Å². The van der Waals surface area contributed by atoms with E-state index in [4.69, 9.17) is 4.74 Å². The van der Waals surface area contributed by atoms with Gasteiger partial charge in [-0.25, -0.2) is 4.79 Å². The number of unbranched alkanes of at least 4 members (excludes halogenated alkanes) is 16. The first kappa shape index (κ1) is 28.7. The molecule has 0 atom stereocenters. The summed E-state index contributed by atoms with van der Waals surface area (Å²) < 4.78 is 4.97. The average Bonchev–Trinajstić information content (AvgIpc) is 2.74. The van der Waals surface area contributed by atoms with E-state index in [1.165, 1.54) is 102 Å². The Bertz CT molecular complexity index is 421. The number of rotatable bonds is 22. The Balaban J connectivity index is 3.27. The van der Waals surface area contributed by atoms with E-state index in [1.807, 2.05) is 6.92 Å². The molecule has 0 aliphatic carbocycles. The summed E-state index contributed by atoms with van der Waals surface area (Å²) in [5.41, 5.74) is 0. The lowest BCUT2D eigenvalue weighted by atomic mass is 10.0. The molecule has 30 heavy (non-hydrogen) atoms. The van der Waals surface area contributed by atoms with Crippen LogP contribution in [0.5, 0.6) is 0 Å². The highest BCUT2D eigenvalue weighted by molar-refractivity contribution is 5.94. The van der Waals surface area contributed by atoms with Gasteiger partial charge in [0.2, 0.25) is 5.91 Å². The van der Waals surface area contributed by atoms with Crippen LogP contribution < -0.4 is 5.32 Å². The maximum atomic E-state index is 11.6. The third kappa shape index (κ3) is 23.0. The van der Waals surface area contributed by atoms with Crippen molar-refractivity contribution >= 4 is 11.9 Å². The van der Waals surface area contributed by atoms with Crippen molar-refractivity contribution in [3.05, 3.63) is 12.2 Å². The van der Waals surface area contributed by atoms with E-state index in [0.717, 1.165) is 25.7 Å². The standard InChI is InChI=1S/C26H49NO3/c1-3-5-7-8-9-10-11-12-13-14-15-16-17-18-19-20-23-27-25(28)21-22-26(29)30-24-6-4-2/h21-22H,3-20,23-24H2,1-2H3,(H,27,28)/b22-21-. The van der Waals surface area contributed by atoms with Crippen molar-refractivity contribution in [3.8, 4) is 0 Å². The predicted octanol–water partition coefficient (Wildman–Crippen LogP) is 7.26. The van der Waals surface area contributed by atoms with E-state index in [0.29, 0.717) is 13.2 Å². The van der Waals surface area contributed by atoms with Crippen molar-refractivity contribution < 1.29 is 14.3 Å². The minimum Gasteiger partial charge on any atom is -0.463 e. The molecule has 0 spiro atoms. The van der Waals surface area contributed by atoms with Gasteiger partial charge >= 0.3 is 5.97 Å². The van der Waals surface area contributed by atoms with E-state index in [9.17, 15) is 9.59 Å². The van der Waals surface area contributed by atoms with Crippen molar-refractivity contribution in [1.82, 2.24) is 5.32 Å². The average molecular weight is 424 g/mol. The lowest BCUT2D eigenvalue weighted by molar-refractivity contribution is -0.138. The van der Waals surface area contributed by atoms with Crippen LogP contribution in [-0.2, 0) is 14.3 Å². The van der Waals surface area contributed by atoms with Gasteiger partial charge in [0, 0.05) is 18.7 Å². The van der Waals surface area contributed by atoms with Crippen LogP contribution in [0.25, 0.3) is 0 Å². The molecule has 0 radical (unpaired) electrons. The third-order valence-electron chi connectivity index (χ3n) is 5.44. The van der Waals surface area contributed by atoms with Crippen LogP contribution in [0.4, 0.5) is 0 Å². The summed E-state index contributed by atoms with van der Waals surface area (Å²) >= 11 is 0. The molecule has 4 heteroatoms. The molecule has 0 fully saturated rings. The smallest absolute Gasteiger partial charge is 0.330 e. The van der Waals surface area contributed by atoms with Crippen LogP contribution in [-0.4, -0.2) is 25.0 Å². The van der Waals surface area contributed by atoms with Crippen molar-refractivity contribution in [1.29, 1.82) is 0 Å². The SMILES string of the molecule is CCCCCCCCCCCCCCCCCCNC(=O)/C=C\C(=O)OCCCC. The Kier molecular flexibility index (Phi) is 22.9. The number of esters is 1. The lowest BCUT2D eigenvalue weighted by Gasteiger charge is -2.04. The molecular formula is C26H49NO3. The first-order chi connectivity index (χ1) is 14.7. The second-order valence-electron chi connectivity index (χ2n) is 8.45. The summed E-state index contributed by atoms with van der Waals surface area (Å²) in [6.45, 7) is 5.40. The van der Waals surface area contributed by atoms with Gasteiger partial charge in [-0.2, -0.15) is 0 Å². The molecule has 0 saturated carbocycles. The molecule has 0 bridgehead atoms. The van der Waals surface area contributed by atoms with Gasteiger partial charge in [0.05, 0.1) is 6.61 Å². The van der Waals surface area contributed by atoms with Crippen LogP contribution in [0, 0.1) is 0 Å². The Morgan fingerprint density at radius 1 is 0.600 bits per heavy atom. The quantitative estimate of drug-likeness (QED) is 0.113. The van der Waals surface area contributed by atoms with Gasteiger partial charge in [0.15, 0.2) is 0 Å². The highest BCUT2D eigenvalue weighted by atomic mass is 16.5. The Labute approximate surface area is 186 Å². The Hall–Kier alpha value is -1.32. The maximum Gasteiger partial charge on any atom is 0.330 e. The third-order valence-corrected chi connectivity index (χ3v) is 5.44. The summed E-state index contributed by atoms with van der Waals surface area (Å²) in [6.07, 6.45) is 25.8. The van der Waals surface area contributed by atoms with Crippen LogP contribution in [0.1, 0.15) is 129 Å². The van der Waals surface area contributed by atoms with Crippen LogP contribution in [0.15, 0.2) is 12.2 Å². The molecule has 0 aliphatic heterocycles. The maximum absolute atomic E-state index is 11.6. The number of ether oxygens (including phenoxy) is 1. The van der Waals surface area contributed by atoms with Gasteiger partial charge in [-0.3, -0.25) is 4.79 Å². The largest absolute Gasteiger partial charge is 0.463 e. The van der Waals surface area contributed by atoms with E-state index < -0.39 is 5.97 Å². The van der Waals surface area contributed by atoms with Crippen molar-refractivity contribution in [2.24, 2.45) is 0 Å². The molecule has 0 aromatic rings. The Morgan fingerprint density at radius 3 is 1.50 bits per heavy atom. The van der Waals surface area contributed by atoms with Gasteiger partial charge in [-0.1, -0.05) is 117 Å². The Morgan fingerprint density at radius 2 is 1.03 bits per heavy atom. The second-order valence-corrected chi connectivity index (χ2v) is 8.45. The lowest BCUT2D eigenvalue weighted by Crippen LogP contribution is -2.22. The van der Waals surface area contributed by atoms with Gasteiger partial charge in [-0.15, -0.1) is 0 Å². The van der Waals surface area contributed by atoms with E-state index in [-0.39, 0.29) is 5.91 Å². The van der Waals surface area contributed by atoms with Crippen molar-refractivity contribution in [3.63, 3.8) is 0 Å². The van der Waals surface area contributed by atoms with Crippen LogP contribution in [0.2, 0.25) is 0 Å². The molecule has 0 rings (SSSR count). The van der Waals surface area contributed by atoms with E-state index >= 15 is 0 Å². The van der Waals surface area contributed by atoms with Crippen LogP contribution in [0.3, 0.4) is 0 Å². The van der Waals surface area contributed by atoms with Gasteiger partial charge < -0.3 is 10.1 Å². The topological polar surface area (TPSA) is 55.4 Å². The monoisotopic (exact) mass is 423 g/mol. The summed E-state index contributed by atoms with van der Waals surface area (Å²) in [7, 11) is 0. The van der Waals surface area contributed by atoms with Gasteiger partial charge in [-0.05, 0) is 12.8 Å². The van der Waals surface area contributed by atoms with Gasteiger partial charge in [0.25, 0.3) is 0 Å². The zero-order chi connectivity index (χ0) is 22.1. The number of amides is 1. The zero-order valence-corrected chi connectivity index (χ0v) is 20.0. The highest BCUT2D eigenvalue weighted by Crippen LogP contribution is 2.13. The second kappa shape index (κ2) is 24.0. The molecule has 0 heterocycles. The number of nitrogens with one attached hydrogen (secondary N) is 1. The molecule has 0 aromatic heterocycles. The minimum atomic E-state index is -0.444. The molecule has 176 valence electrons. The van der Waals surface area contributed by atoms with Crippen LogP contribution >= 0.6 is 0 Å². The minimum absolute atomic E-state index is 0.219. The highest BCUT2D eigenvalue weighted by Gasteiger charge is 2.00. The fourth-order valence-corrected chi connectivity index (χ4v) is 3.45. The predicted molar refractivity (Wildman–Crippen MR) is 128 cm³/mol. The first-order valence-electron chi connectivity index (χ1n) is 12.8. The van der Waals surface area contributed by atoms with Crippen molar-refractivity contribution in [2.75, 3.05) is 13.2 Å². The number of hydrogen-bond donors (Lipinski definition) is 1. The molecule has 0 aliphatic rings. The van der Waals surface area contributed by atoms with E-state index in [2.05, 4.69) is 12.2 Å². The summed E-state index contributed by atoms with van der Waals surface area (Å²) in [6, 6.07) is 0. The number of carbonyl (C=O) groups excluding carboxylic acids is 2. The summed E-state index contributed by atoms with van der Waals surface area (Å²) in [4.78, 5) is 23.0. The molecular weight excluding hydrogens is 374 g/mol. The fourth-order valence-electron chi connectivity index (χ4n) is 3.45. The normalized spacial score (nSPS) is 11.1. The summed E-state index contributed by atoms with van der Waals surface area (Å²) in [5.74, 6) is -0.663. The molecule has 0 aromatic carbocycles. The van der Waals surface area contributed by atoms with Crippen molar-refractivity contribution in [2.45, 2.75) is 129 Å². The molecule has 1 N–H and O–H groups in total. The fraction of sp³-hybridized carbons (Fsp3) is 0.846. The first-order valence-corrected chi connectivity index (χ1v) is 12.8. The molecule has 0 unspecified atom stereocenters. The number of hydrogen-bond acceptors (Lipinski definition) is 3. The molecule has 4 nitrogen and oxygen atoms in total. The van der Waals surface area contributed by atoms with Gasteiger partial charge in [0.1, 0.15) is 0 Å². The zero-order valence-electron chi connectivity index (χ0n) is 20.0.